The number of allylic oxidation sites excluding steroid dienone is 4. The Morgan fingerprint density at radius 2 is 1.71 bits per heavy atom. The number of hydrogen-bond acceptors (Lipinski definition) is 20. The molecule has 4 bridgehead atoms. The number of methoxy groups -OCH3 is 2. The van der Waals surface area contributed by atoms with Gasteiger partial charge in [0.25, 0.3) is 11.1 Å². The Hall–Kier alpha value is -7.37. The van der Waals surface area contributed by atoms with Crippen molar-refractivity contribution in [2.45, 2.75) is 152 Å². The van der Waals surface area contributed by atoms with Crippen LogP contribution in [-0.2, 0) is 60.7 Å². The van der Waals surface area contributed by atoms with Gasteiger partial charge in [-0.15, -0.1) is 0 Å². The van der Waals surface area contributed by atoms with Gasteiger partial charge in [-0.3, -0.25) is 39.0 Å². The van der Waals surface area contributed by atoms with E-state index in [0.717, 1.165) is 53.5 Å². The lowest BCUT2D eigenvalue weighted by Gasteiger charge is -2.42. The zero-order valence-electron chi connectivity index (χ0n) is 55.0. The third kappa shape index (κ3) is 19.0. The summed E-state index contributed by atoms with van der Waals surface area (Å²) < 4.78 is 40.7. The summed E-state index contributed by atoms with van der Waals surface area (Å²) >= 11 is 8.97. The predicted molar refractivity (Wildman–Crippen MR) is 351 cm³/mol. The minimum Gasteiger partial charge on any atom is -0.495 e. The number of carbonyl (C=O) groups excluding carboxylic acids is 10. The van der Waals surface area contributed by atoms with Crippen LogP contribution in [0.25, 0.3) is 0 Å². The second-order valence-electron chi connectivity index (χ2n) is 24.3. The van der Waals surface area contributed by atoms with Crippen molar-refractivity contribution in [2.24, 2.45) is 5.92 Å². The van der Waals surface area contributed by atoms with Crippen molar-refractivity contribution in [2.75, 3.05) is 85.5 Å². The number of aliphatic hydroxyl groups is 1. The van der Waals surface area contributed by atoms with Crippen LogP contribution in [-0.4, -0.2) is 217 Å². The molecule has 2 unspecified atom stereocenters. The van der Waals surface area contributed by atoms with Gasteiger partial charge in [0.15, 0.2) is 5.72 Å². The molecule has 514 valence electrons. The van der Waals surface area contributed by atoms with Crippen LogP contribution in [0.2, 0.25) is 5.02 Å². The number of likely N-dealkylation sites (N-methyl/N-ethyl adjacent to an activating group) is 3. The first-order valence-corrected chi connectivity index (χ1v) is 33.8. The van der Waals surface area contributed by atoms with Crippen molar-refractivity contribution in [3.8, 4) is 11.5 Å². The van der Waals surface area contributed by atoms with Crippen molar-refractivity contribution in [1.29, 1.82) is 0 Å². The Bertz CT molecular complexity index is 3260. The minimum absolute atomic E-state index is 0.0198. The standard InChI is InChI=1S/C65H87ClN8O18S2/c1-38-18-17-21-50(87-10)65(85)36-48(90-61(82)69-65)39(2)56-64(4,92-56)51(35-53(76)73(8)45-32-42(30-38)33-47(86-9)55(45)66)91-59(80)40(3)72(7)52(75)24-29-94-63(84)71(6)28-27-70(5)62(83)88-37-41-22-23-46(89-60(81)68-43-19-15-13-12-14-16-20-43)44(31-41)57(78)67-25-26-74-54(77)34-49(93-11)58(74)79/h15,17-19,21-23,31-33,39-40,43,48-51,56,85H,12-14,16,20,24-30,34-37H2,1-11H3,(H,67,78)(H,68,81)(H,69,82)/b19-15+,21-17+,38-18+/t39-,40+,43?,48+,49?,50-,51+,56+,64+,65+/m1/s1. The Balaban J connectivity index is 0.928. The predicted octanol–water partition coefficient (Wildman–Crippen LogP) is 7.16. The van der Waals surface area contributed by atoms with E-state index < -0.39 is 107 Å². The largest absolute Gasteiger partial charge is 0.495 e. The fourth-order valence-corrected chi connectivity index (χ4v) is 13.1. The van der Waals surface area contributed by atoms with Gasteiger partial charge in [-0.1, -0.05) is 85.1 Å². The van der Waals surface area contributed by atoms with E-state index in [9.17, 15) is 53.1 Å². The highest BCUT2D eigenvalue weighted by Gasteiger charge is 2.64. The fraction of sp³-hybridized carbons (Fsp3) is 0.569. The third-order valence-corrected chi connectivity index (χ3v) is 19.8. The smallest absolute Gasteiger partial charge is 0.413 e. The maximum atomic E-state index is 14.5. The fourth-order valence-electron chi connectivity index (χ4n) is 11.4. The van der Waals surface area contributed by atoms with Gasteiger partial charge < -0.3 is 68.5 Å². The van der Waals surface area contributed by atoms with E-state index >= 15 is 0 Å². The lowest BCUT2D eigenvalue weighted by molar-refractivity contribution is -0.162. The van der Waals surface area contributed by atoms with Crippen LogP contribution in [0.3, 0.4) is 0 Å². The van der Waals surface area contributed by atoms with Gasteiger partial charge in [-0.25, -0.2) is 19.2 Å². The van der Waals surface area contributed by atoms with E-state index in [2.05, 4.69) is 16.0 Å². The summed E-state index contributed by atoms with van der Waals surface area (Å²) in [5.41, 5.74) is -1.00. The quantitative estimate of drug-likeness (QED) is 0.0336. The minimum atomic E-state index is -1.91. The lowest BCUT2D eigenvalue weighted by atomic mass is 9.83. The number of amides is 9. The lowest BCUT2D eigenvalue weighted by Crippen LogP contribution is -2.63. The Labute approximate surface area is 561 Å². The van der Waals surface area contributed by atoms with Gasteiger partial charge in [-0.05, 0) is 88.1 Å². The summed E-state index contributed by atoms with van der Waals surface area (Å²) in [6.07, 6.45) is 8.78. The molecule has 26 nitrogen and oxygen atoms in total. The molecule has 7 rings (SSSR count). The van der Waals surface area contributed by atoms with Gasteiger partial charge in [0.05, 0.1) is 42.2 Å². The van der Waals surface area contributed by atoms with Crippen LogP contribution < -0.4 is 30.3 Å². The number of likely N-dealkylation sites (tertiary alicyclic amines) is 1. The van der Waals surface area contributed by atoms with Crippen LogP contribution in [0.5, 0.6) is 11.5 Å². The van der Waals surface area contributed by atoms with Crippen molar-refractivity contribution < 1.29 is 86.2 Å². The molecule has 5 aliphatic rings. The monoisotopic (exact) mass is 1370 g/mol. The Morgan fingerprint density at radius 1 is 0.968 bits per heavy atom. The molecule has 94 heavy (non-hydrogen) atoms. The van der Waals surface area contributed by atoms with Gasteiger partial charge in [-0.2, -0.15) is 11.8 Å². The second-order valence-corrected chi connectivity index (χ2v) is 26.7. The average molecular weight is 1370 g/mol. The normalized spacial score (nSPS) is 26.3. The number of halogens is 1. The number of nitrogens with zero attached hydrogens (tertiary/aromatic N) is 5. The Morgan fingerprint density at radius 3 is 2.43 bits per heavy atom. The molecule has 10 atom stereocenters. The molecule has 4 heterocycles. The first-order valence-electron chi connectivity index (χ1n) is 31.1. The number of rotatable bonds is 20. The maximum absolute atomic E-state index is 14.5. The summed E-state index contributed by atoms with van der Waals surface area (Å²) in [7, 11) is 8.80. The third-order valence-electron chi connectivity index (χ3n) is 17.5. The van der Waals surface area contributed by atoms with E-state index in [-0.39, 0.29) is 92.0 Å². The van der Waals surface area contributed by atoms with Crippen molar-refractivity contribution in [3.05, 3.63) is 88.0 Å². The molecule has 3 saturated heterocycles. The number of hydrogen-bond donors (Lipinski definition) is 4. The number of nitrogens with one attached hydrogen (secondary N) is 3. The first kappa shape index (κ1) is 74.0. The summed E-state index contributed by atoms with van der Waals surface area (Å²) in [6, 6.07) is 6.39. The van der Waals surface area contributed by atoms with E-state index in [1.807, 2.05) is 25.2 Å². The first-order chi connectivity index (χ1) is 44.6. The molecule has 1 aliphatic carbocycles. The van der Waals surface area contributed by atoms with Gasteiger partial charge in [0, 0.05) is 92.4 Å². The maximum Gasteiger partial charge on any atom is 0.413 e. The molecule has 9 amide bonds. The number of anilines is 1. The van der Waals surface area contributed by atoms with E-state index in [4.69, 9.17) is 44.8 Å². The number of epoxide rings is 1. The van der Waals surface area contributed by atoms with Crippen molar-refractivity contribution in [1.82, 2.24) is 35.6 Å². The van der Waals surface area contributed by atoms with Crippen LogP contribution >= 0.6 is 35.1 Å². The van der Waals surface area contributed by atoms with Crippen molar-refractivity contribution in [3.63, 3.8) is 0 Å². The van der Waals surface area contributed by atoms with Crippen molar-refractivity contribution >= 4 is 99.8 Å². The number of thioether (sulfide) groups is 2. The molecule has 2 aromatic rings. The molecular formula is C65H87ClN8O18S2. The molecule has 0 radical (unpaired) electrons. The average Bonchev–Trinajstić information content (AvgIpc) is 1.57. The topological polar surface area (TPSA) is 311 Å². The molecule has 2 aromatic carbocycles. The highest BCUT2D eigenvalue weighted by molar-refractivity contribution is 8.13. The summed E-state index contributed by atoms with van der Waals surface area (Å²) in [6.45, 7) is 6.43. The molecule has 0 spiro atoms. The van der Waals surface area contributed by atoms with Gasteiger partial charge in [0.1, 0.15) is 53.1 Å². The molecule has 29 heteroatoms. The van der Waals surface area contributed by atoms with E-state index in [0.29, 0.717) is 29.8 Å². The number of imide groups is 1. The molecule has 0 saturated carbocycles. The summed E-state index contributed by atoms with van der Waals surface area (Å²) in [5.74, 6) is -3.60. The van der Waals surface area contributed by atoms with E-state index in [1.165, 1.54) is 98.9 Å². The SMILES string of the molecule is COc1cc2cc(c1Cl)N(C)C(=O)C[C@H](OC(=O)[C@H](C)N(C)C(=O)CCSC(=O)N(C)CCN(C)C(=O)OCc1ccc(OC(=O)NC3/C=C/CCCCC3)c(C(=O)NCCN3C(=O)CC(SC)C3=O)c1)[C@]1(C)O[C@H]1[C@H](C)[C@@H]1C[C@@](O)(NC(=O)O1)[C@H](OC)/C=C/C=C(\C)C2. The highest BCUT2D eigenvalue weighted by Crippen LogP contribution is 2.49. The molecular weight excluding hydrogens is 1280 g/mol. The van der Waals surface area contributed by atoms with E-state index in [1.54, 1.807) is 44.4 Å². The summed E-state index contributed by atoms with van der Waals surface area (Å²) in [5, 5.41) is 19.2. The zero-order valence-corrected chi connectivity index (χ0v) is 57.4. The molecule has 4 aliphatic heterocycles. The number of carbonyl (C=O) groups is 10. The van der Waals surface area contributed by atoms with Gasteiger partial charge in [0.2, 0.25) is 23.6 Å². The number of fused-ring (bicyclic) bond motifs is 5. The van der Waals surface area contributed by atoms with Gasteiger partial charge >= 0.3 is 24.2 Å². The molecule has 0 aromatic heterocycles. The Kier molecular flexibility index (Phi) is 26.3. The molecule has 3 fully saturated rings. The number of benzene rings is 2. The zero-order chi connectivity index (χ0) is 68.8. The second kappa shape index (κ2) is 33.3. The van der Waals surface area contributed by atoms with Crippen LogP contribution in [0.15, 0.2) is 66.3 Å². The molecule has 4 N–H and O–H groups in total. The van der Waals surface area contributed by atoms with Crippen LogP contribution in [0.1, 0.15) is 107 Å². The number of alkyl carbamates (subject to hydrolysis) is 1. The van der Waals surface area contributed by atoms with Crippen LogP contribution in [0.4, 0.5) is 24.9 Å². The summed E-state index contributed by atoms with van der Waals surface area (Å²) in [4.78, 5) is 140. The van der Waals surface area contributed by atoms with Crippen LogP contribution in [0, 0.1) is 5.92 Å². The highest BCUT2D eigenvalue weighted by atomic mass is 35.5. The number of ether oxygens (including phenoxy) is 7. The number of esters is 1.